The summed E-state index contributed by atoms with van der Waals surface area (Å²) in [5.41, 5.74) is 2.30. The highest BCUT2D eigenvalue weighted by atomic mass is 16.5. The van der Waals surface area contributed by atoms with Crippen LogP contribution in [0.1, 0.15) is 55.5 Å². The third kappa shape index (κ3) is 3.93. The molecule has 3 amide bonds. The number of benzene rings is 2. The summed E-state index contributed by atoms with van der Waals surface area (Å²) >= 11 is 0. The molecule has 2 aromatic carbocycles. The van der Waals surface area contributed by atoms with Crippen molar-refractivity contribution in [2.45, 2.75) is 45.3 Å². The number of hydrogen-bond donors (Lipinski definition) is 1. The van der Waals surface area contributed by atoms with Gasteiger partial charge in [-0.2, -0.15) is 0 Å². The summed E-state index contributed by atoms with van der Waals surface area (Å²) < 4.78 is 11.8. The minimum Gasteiger partial charge on any atom is -0.457 e. The van der Waals surface area contributed by atoms with Gasteiger partial charge in [-0.15, -0.1) is 0 Å². The van der Waals surface area contributed by atoms with Gasteiger partial charge in [-0.1, -0.05) is 32.0 Å². The number of ether oxygens (including phenoxy) is 2. The predicted molar refractivity (Wildman–Crippen MR) is 111 cm³/mol. The minimum atomic E-state index is -0.727. The van der Waals surface area contributed by atoms with Crippen LogP contribution in [-0.2, 0) is 20.9 Å². The van der Waals surface area contributed by atoms with Gasteiger partial charge in [0.25, 0.3) is 5.91 Å². The van der Waals surface area contributed by atoms with Crippen molar-refractivity contribution in [2.75, 3.05) is 6.73 Å². The van der Waals surface area contributed by atoms with Crippen LogP contribution in [0.3, 0.4) is 0 Å². The van der Waals surface area contributed by atoms with Crippen LogP contribution < -0.4 is 10.1 Å². The maximum absolute atomic E-state index is 13.2. The van der Waals surface area contributed by atoms with Gasteiger partial charge in [0.2, 0.25) is 11.8 Å². The van der Waals surface area contributed by atoms with E-state index in [-0.39, 0.29) is 39.4 Å². The number of rotatable bonds is 4. The van der Waals surface area contributed by atoms with Crippen LogP contribution in [0.4, 0.5) is 0 Å². The molecule has 1 N–H and O–H groups in total. The van der Waals surface area contributed by atoms with Gasteiger partial charge in [-0.25, -0.2) is 0 Å². The van der Waals surface area contributed by atoms with Crippen LogP contribution in [-0.4, -0.2) is 35.4 Å². The Bertz CT molecular complexity index is 990. The summed E-state index contributed by atoms with van der Waals surface area (Å²) in [5.74, 6) is 0.548. The van der Waals surface area contributed by atoms with Gasteiger partial charge < -0.3 is 14.4 Å². The van der Waals surface area contributed by atoms with E-state index in [1.54, 1.807) is 18.2 Å². The molecule has 0 bridgehead atoms. The van der Waals surface area contributed by atoms with Gasteiger partial charge in [0.05, 0.1) is 6.61 Å². The van der Waals surface area contributed by atoms with Crippen molar-refractivity contribution in [3.05, 3.63) is 59.2 Å². The third-order valence-electron chi connectivity index (χ3n) is 5.46. The van der Waals surface area contributed by atoms with E-state index < -0.39 is 11.9 Å². The summed E-state index contributed by atoms with van der Waals surface area (Å²) in [6.45, 7) is 4.42. The number of imide groups is 1. The van der Waals surface area contributed by atoms with Crippen LogP contribution in [0, 0.1) is 0 Å². The molecule has 1 fully saturated rings. The number of hydrogen-bond acceptors (Lipinski definition) is 5. The van der Waals surface area contributed by atoms with Gasteiger partial charge in [-0.05, 0) is 42.2 Å². The van der Waals surface area contributed by atoms with E-state index in [1.807, 2.05) is 24.3 Å². The number of carbonyl (C=O) groups is 3. The summed E-state index contributed by atoms with van der Waals surface area (Å²) in [7, 11) is 0. The van der Waals surface area contributed by atoms with Crippen LogP contribution in [0.2, 0.25) is 0 Å². The lowest BCUT2D eigenvalue weighted by Crippen LogP contribution is -2.54. The summed E-state index contributed by atoms with van der Waals surface area (Å²) in [6.07, 6.45) is 0.482. The molecule has 158 valence electrons. The second-order valence-electron chi connectivity index (χ2n) is 7.83. The quantitative estimate of drug-likeness (QED) is 0.779. The van der Waals surface area contributed by atoms with Gasteiger partial charge in [-0.3, -0.25) is 19.7 Å². The van der Waals surface area contributed by atoms with Crippen molar-refractivity contribution < 1.29 is 25.3 Å². The summed E-state index contributed by atoms with van der Waals surface area (Å²) in [6, 6.07) is 12.4. The number of nitrogens with one attached hydrogen (secondary N) is 1. The molecule has 2 aromatic rings. The fourth-order valence-corrected chi connectivity index (χ4v) is 3.73. The molecule has 0 aliphatic carbocycles. The van der Waals surface area contributed by atoms with Crippen molar-refractivity contribution in [1.82, 2.24) is 10.2 Å². The van der Waals surface area contributed by atoms with E-state index in [1.165, 1.54) is 10.5 Å². The lowest BCUT2D eigenvalue weighted by atomic mass is 10.0. The van der Waals surface area contributed by atoms with E-state index >= 15 is 0 Å². The van der Waals surface area contributed by atoms with Crippen molar-refractivity contribution in [1.29, 1.82) is 0 Å². The third-order valence-corrected chi connectivity index (χ3v) is 5.46. The van der Waals surface area contributed by atoms with Crippen molar-refractivity contribution in [3.8, 4) is 11.5 Å². The van der Waals surface area contributed by atoms with E-state index in [2.05, 4.69) is 19.2 Å². The summed E-state index contributed by atoms with van der Waals surface area (Å²) in [5, 5.41) is 2.30. The Hall–Kier alpha value is -3.19. The zero-order valence-electron chi connectivity index (χ0n) is 17.0. The van der Waals surface area contributed by atoms with E-state index in [0.717, 1.165) is 0 Å². The van der Waals surface area contributed by atoms with Crippen LogP contribution in [0.15, 0.2) is 42.5 Å². The van der Waals surface area contributed by atoms with Crippen LogP contribution in [0.25, 0.3) is 0 Å². The first kappa shape index (κ1) is 20.1. The second kappa shape index (κ2) is 8.28. The highest BCUT2D eigenvalue weighted by Crippen LogP contribution is 2.32. The Morgan fingerprint density at radius 2 is 1.90 bits per heavy atom. The fraction of sp³-hybridized carbons (Fsp3) is 0.348. The maximum atomic E-state index is 13.2. The van der Waals surface area contributed by atoms with Gasteiger partial charge in [0, 0.05) is 19.0 Å². The molecular weight excluding hydrogens is 384 g/mol. The number of carbonyl (C=O) groups excluding carboxylic acids is 3. The molecule has 0 spiro atoms. The second-order valence-corrected chi connectivity index (χ2v) is 7.83. The van der Waals surface area contributed by atoms with Crippen molar-refractivity contribution in [3.63, 3.8) is 0 Å². The zero-order valence-corrected chi connectivity index (χ0v) is 17.0. The predicted octanol–water partition coefficient (Wildman–Crippen LogP) is 3.58. The molecule has 2 aliphatic rings. The molecule has 7 nitrogen and oxygen atoms in total. The number of amides is 3. The number of piperidine rings is 1. The fourth-order valence-electron chi connectivity index (χ4n) is 3.73. The van der Waals surface area contributed by atoms with Gasteiger partial charge in [0.15, 0.2) is 0 Å². The molecule has 7 heteroatoms. The zero-order chi connectivity index (χ0) is 21.3. The van der Waals surface area contributed by atoms with E-state index in [9.17, 15) is 14.4 Å². The highest BCUT2D eigenvalue weighted by molar-refractivity contribution is 6.04. The monoisotopic (exact) mass is 410 g/mol. The molecule has 4 rings (SSSR count). The molecule has 30 heavy (non-hydrogen) atoms. The highest BCUT2D eigenvalue weighted by Gasteiger charge is 2.37. The van der Waals surface area contributed by atoms with Crippen molar-refractivity contribution >= 4 is 17.7 Å². The molecule has 2 aliphatic heterocycles. The molecule has 0 saturated carbocycles. The van der Waals surface area contributed by atoms with Gasteiger partial charge >= 0.3 is 0 Å². The Morgan fingerprint density at radius 3 is 2.60 bits per heavy atom. The lowest BCUT2D eigenvalue weighted by Gasteiger charge is -2.31. The first-order valence-corrected chi connectivity index (χ1v) is 10.1. The molecule has 1 atom stereocenters. The molecule has 2 heterocycles. The van der Waals surface area contributed by atoms with Crippen LogP contribution in [0.5, 0.6) is 11.5 Å². The normalized spacial score (nSPS) is 19.4. The molecule has 1 unspecified atom stereocenters. The average Bonchev–Trinajstić information content (AvgIpc) is 2.88. The Balaban J connectivity index is 0.00000272. The van der Waals surface area contributed by atoms with E-state index in [0.29, 0.717) is 28.5 Å². The van der Waals surface area contributed by atoms with Crippen LogP contribution >= 0.6 is 0 Å². The SMILES string of the molecule is CC(C)c1ccc(Oc2cccc3c2COCN(C2CCC(=O)NC2=O)C3=O)cc1.[HH]. The smallest absolute Gasteiger partial charge is 0.256 e. The largest absolute Gasteiger partial charge is 0.457 e. The Morgan fingerprint density at radius 1 is 1.13 bits per heavy atom. The molecular formula is C23H26N2O5. The standard InChI is InChI=1S/C23H24N2O5.H2/c1-14(2)15-6-8-16(9-7-15)30-20-5-3-4-17-18(20)12-29-13-25(23(17)28)19-10-11-21(26)24-22(19)27;/h3-9,14,19H,10-13H2,1-2H3,(H,24,26,27);1H. The number of fused-ring (bicyclic) bond motifs is 1. The summed E-state index contributed by atoms with van der Waals surface area (Å²) in [4.78, 5) is 38.3. The Labute approximate surface area is 176 Å². The maximum Gasteiger partial charge on any atom is 0.256 e. The average molecular weight is 410 g/mol. The minimum absolute atomic E-state index is 0. The Kier molecular flexibility index (Phi) is 5.55. The first-order chi connectivity index (χ1) is 14.4. The topological polar surface area (TPSA) is 84.9 Å². The first-order valence-electron chi connectivity index (χ1n) is 10.1. The number of nitrogens with zero attached hydrogens (tertiary/aromatic N) is 1. The molecule has 0 radical (unpaired) electrons. The lowest BCUT2D eigenvalue weighted by molar-refractivity contribution is -0.138. The molecule has 0 aromatic heterocycles. The van der Waals surface area contributed by atoms with Crippen molar-refractivity contribution in [2.24, 2.45) is 0 Å². The van der Waals surface area contributed by atoms with Gasteiger partial charge in [0.1, 0.15) is 24.3 Å². The molecule has 1 saturated heterocycles. The van der Waals surface area contributed by atoms with E-state index in [4.69, 9.17) is 9.47 Å².